The average molecular weight is 332 g/mol. The van der Waals surface area contributed by atoms with Crippen molar-refractivity contribution in [3.63, 3.8) is 0 Å². The second-order valence-electron chi connectivity index (χ2n) is 4.42. The Labute approximate surface area is 126 Å². The van der Waals surface area contributed by atoms with Crippen LogP contribution in [0.3, 0.4) is 0 Å². The van der Waals surface area contributed by atoms with Gasteiger partial charge in [-0.15, -0.1) is 0 Å². The Morgan fingerprint density at radius 1 is 1.30 bits per heavy atom. The predicted molar refractivity (Wildman–Crippen MR) is 80.3 cm³/mol. The molecule has 0 spiro atoms. The van der Waals surface area contributed by atoms with Gasteiger partial charge in [-0.25, -0.2) is 0 Å². The summed E-state index contributed by atoms with van der Waals surface area (Å²) >= 11 is 3.39. The summed E-state index contributed by atoms with van der Waals surface area (Å²) in [5.41, 5.74) is 2.15. The molecule has 1 atom stereocenters. The van der Waals surface area contributed by atoms with Gasteiger partial charge in [0, 0.05) is 15.6 Å². The van der Waals surface area contributed by atoms with E-state index in [1.54, 1.807) is 13.0 Å². The second-order valence-corrected chi connectivity index (χ2v) is 5.33. The molecule has 3 nitrogen and oxygen atoms in total. The van der Waals surface area contributed by atoms with Crippen LogP contribution in [0.4, 0.5) is 0 Å². The first kappa shape index (κ1) is 14.6. The van der Waals surface area contributed by atoms with Crippen molar-refractivity contribution < 1.29 is 9.84 Å². The minimum Gasteiger partial charge on any atom is -0.488 e. The average Bonchev–Trinajstić information content (AvgIpc) is 2.45. The quantitative estimate of drug-likeness (QED) is 0.922. The van der Waals surface area contributed by atoms with Gasteiger partial charge in [0.05, 0.1) is 17.7 Å². The molecule has 0 saturated carbocycles. The Kier molecular flexibility index (Phi) is 4.78. The summed E-state index contributed by atoms with van der Waals surface area (Å²) in [5, 5.41) is 18.8. The molecule has 0 bridgehead atoms. The minimum absolute atomic E-state index is 0.292. The lowest BCUT2D eigenvalue weighted by Crippen LogP contribution is -2.02. The van der Waals surface area contributed by atoms with E-state index in [-0.39, 0.29) is 0 Å². The number of aliphatic hydroxyl groups is 1. The normalized spacial score (nSPS) is 11.7. The fraction of sp³-hybridized carbons (Fsp3) is 0.188. The van der Waals surface area contributed by atoms with Gasteiger partial charge in [-0.3, -0.25) is 0 Å². The van der Waals surface area contributed by atoms with E-state index in [0.29, 0.717) is 17.9 Å². The zero-order valence-corrected chi connectivity index (χ0v) is 12.6. The molecule has 0 aliphatic heterocycles. The molecule has 1 N–H and O–H groups in total. The number of hydrogen-bond donors (Lipinski definition) is 1. The van der Waals surface area contributed by atoms with Crippen molar-refractivity contribution in [2.24, 2.45) is 0 Å². The molecular formula is C16H14BrNO2. The third-order valence-electron chi connectivity index (χ3n) is 2.95. The molecule has 0 saturated heterocycles. The highest BCUT2D eigenvalue weighted by atomic mass is 79.9. The topological polar surface area (TPSA) is 53.2 Å². The highest BCUT2D eigenvalue weighted by Gasteiger charge is 2.10. The van der Waals surface area contributed by atoms with E-state index in [2.05, 4.69) is 22.0 Å². The number of hydrogen-bond acceptors (Lipinski definition) is 3. The molecule has 0 aliphatic carbocycles. The van der Waals surface area contributed by atoms with E-state index in [0.717, 1.165) is 15.6 Å². The van der Waals surface area contributed by atoms with Crippen LogP contribution in [0.15, 0.2) is 46.9 Å². The molecule has 0 aliphatic rings. The predicted octanol–water partition coefficient (Wildman–Crippen LogP) is 3.95. The fourth-order valence-electron chi connectivity index (χ4n) is 1.89. The van der Waals surface area contributed by atoms with Gasteiger partial charge < -0.3 is 9.84 Å². The number of nitriles is 1. The second kappa shape index (κ2) is 6.56. The Hall–Kier alpha value is -1.83. The van der Waals surface area contributed by atoms with Crippen molar-refractivity contribution in [1.29, 1.82) is 5.26 Å². The van der Waals surface area contributed by atoms with Gasteiger partial charge in [0.25, 0.3) is 0 Å². The molecule has 0 radical (unpaired) electrons. The Bertz CT molecular complexity index is 647. The molecule has 102 valence electrons. The van der Waals surface area contributed by atoms with Crippen LogP contribution in [0.1, 0.15) is 29.7 Å². The number of halogens is 1. The van der Waals surface area contributed by atoms with Crippen molar-refractivity contribution in [1.82, 2.24) is 0 Å². The fourth-order valence-corrected chi connectivity index (χ4v) is 2.23. The summed E-state index contributed by atoms with van der Waals surface area (Å²) in [4.78, 5) is 0. The van der Waals surface area contributed by atoms with Gasteiger partial charge in [0.15, 0.2) is 0 Å². The summed E-state index contributed by atoms with van der Waals surface area (Å²) in [6.45, 7) is 1.99. The van der Waals surface area contributed by atoms with Crippen LogP contribution in [0.2, 0.25) is 0 Å². The van der Waals surface area contributed by atoms with Crippen molar-refractivity contribution in [2.45, 2.75) is 19.6 Å². The summed E-state index contributed by atoms with van der Waals surface area (Å²) in [6.07, 6.45) is -0.607. The summed E-state index contributed by atoms with van der Waals surface area (Å²) < 4.78 is 6.65. The van der Waals surface area contributed by atoms with E-state index in [1.807, 2.05) is 36.4 Å². The van der Waals surface area contributed by atoms with E-state index >= 15 is 0 Å². The van der Waals surface area contributed by atoms with E-state index < -0.39 is 6.10 Å². The SMILES string of the molecule is C[C@H](O)c1ccc(Br)cc1OCc1ccccc1C#N. The van der Waals surface area contributed by atoms with E-state index in [9.17, 15) is 5.11 Å². The maximum atomic E-state index is 9.75. The van der Waals surface area contributed by atoms with Crippen LogP contribution in [0.25, 0.3) is 0 Å². The first-order valence-electron chi connectivity index (χ1n) is 6.20. The molecule has 2 aromatic carbocycles. The molecule has 2 rings (SSSR count). The van der Waals surface area contributed by atoms with Crippen molar-refractivity contribution in [3.8, 4) is 11.8 Å². The third-order valence-corrected chi connectivity index (χ3v) is 3.44. The highest BCUT2D eigenvalue weighted by molar-refractivity contribution is 9.10. The van der Waals surface area contributed by atoms with Gasteiger partial charge in [-0.1, -0.05) is 40.2 Å². The smallest absolute Gasteiger partial charge is 0.126 e. The first-order valence-corrected chi connectivity index (χ1v) is 6.99. The van der Waals surface area contributed by atoms with Crippen LogP contribution < -0.4 is 4.74 Å². The van der Waals surface area contributed by atoms with Crippen LogP contribution >= 0.6 is 15.9 Å². The highest BCUT2D eigenvalue weighted by Crippen LogP contribution is 2.29. The third kappa shape index (κ3) is 3.38. The first-order chi connectivity index (χ1) is 9.61. The van der Waals surface area contributed by atoms with Crippen LogP contribution in [-0.4, -0.2) is 5.11 Å². The lowest BCUT2D eigenvalue weighted by molar-refractivity contribution is 0.190. The van der Waals surface area contributed by atoms with Crippen molar-refractivity contribution in [3.05, 3.63) is 63.6 Å². The zero-order valence-electron chi connectivity index (χ0n) is 11.0. The monoisotopic (exact) mass is 331 g/mol. The van der Waals surface area contributed by atoms with Gasteiger partial charge in [0.1, 0.15) is 12.4 Å². The molecule has 0 aromatic heterocycles. The van der Waals surface area contributed by atoms with Crippen LogP contribution in [0.5, 0.6) is 5.75 Å². The molecule has 0 fully saturated rings. The molecule has 20 heavy (non-hydrogen) atoms. The van der Waals surface area contributed by atoms with Crippen molar-refractivity contribution in [2.75, 3.05) is 0 Å². The number of benzene rings is 2. The van der Waals surface area contributed by atoms with Gasteiger partial charge in [-0.05, 0) is 25.1 Å². The zero-order chi connectivity index (χ0) is 14.5. The van der Waals surface area contributed by atoms with Gasteiger partial charge in [-0.2, -0.15) is 5.26 Å². The van der Waals surface area contributed by atoms with Crippen LogP contribution in [-0.2, 0) is 6.61 Å². The molecule has 0 heterocycles. The standard InChI is InChI=1S/C16H14BrNO2/c1-11(19)15-7-6-14(17)8-16(15)20-10-13-5-3-2-4-12(13)9-18/h2-8,11,19H,10H2,1H3/t11-/m0/s1. The lowest BCUT2D eigenvalue weighted by atomic mass is 10.1. The van der Waals surface area contributed by atoms with Crippen molar-refractivity contribution >= 4 is 15.9 Å². The van der Waals surface area contributed by atoms with Crippen LogP contribution in [0, 0.1) is 11.3 Å². The Morgan fingerprint density at radius 2 is 2.05 bits per heavy atom. The number of rotatable bonds is 4. The molecule has 2 aromatic rings. The van der Waals surface area contributed by atoms with E-state index in [4.69, 9.17) is 10.00 Å². The Morgan fingerprint density at radius 3 is 2.75 bits per heavy atom. The lowest BCUT2D eigenvalue weighted by Gasteiger charge is -2.14. The summed E-state index contributed by atoms with van der Waals surface area (Å²) in [6, 6.07) is 14.9. The molecule has 4 heteroatoms. The van der Waals surface area contributed by atoms with Gasteiger partial charge >= 0.3 is 0 Å². The number of aliphatic hydroxyl groups excluding tert-OH is 1. The number of ether oxygens (including phenoxy) is 1. The molecule has 0 unspecified atom stereocenters. The van der Waals surface area contributed by atoms with E-state index in [1.165, 1.54) is 0 Å². The Balaban J connectivity index is 2.23. The molecule has 0 amide bonds. The largest absolute Gasteiger partial charge is 0.488 e. The summed E-state index contributed by atoms with van der Waals surface area (Å²) in [7, 11) is 0. The molecular weight excluding hydrogens is 318 g/mol. The maximum Gasteiger partial charge on any atom is 0.126 e. The maximum absolute atomic E-state index is 9.75. The summed E-state index contributed by atoms with van der Waals surface area (Å²) in [5.74, 6) is 0.613. The number of nitrogens with zero attached hydrogens (tertiary/aromatic N) is 1. The van der Waals surface area contributed by atoms with Gasteiger partial charge in [0.2, 0.25) is 0 Å². The minimum atomic E-state index is -0.607.